The molecule has 1 atom stereocenters. The van der Waals surface area contributed by atoms with Gasteiger partial charge in [-0.15, -0.1) is 0 Å². The summed E-state index contributed by atoms with van der Waals surface area (Å²) in [6, 6.07) is 22.5. The van der Waals surface area contributed by atoms with Crippen molar-refractivity contribution < 1.29 is 9.53 Å². The number of benzene rings is 3. The van der Waals surface area contributed by atoms with E-state index in [-0.39, 0.29) is 18.6 Å². The van der Waals surface area contributed by atoms with Crippen LogP contribution in [0.2, 0.25) is 0 Å². The number of aryl methyl sites for hydroxylation is 3. The number of fused-ring (bicyclic) bond motifs is 1. The van der Waals surface area contributed by atoms with Gasteiger partial charge >= 0.3 is 0 Å². The number of nitrogens with one attached hydrogen (secondary N) is 1. The summed E-state index contributed by atoms with van der Waals surface area (Å²) in [5, 5.41) is 3.20. The molecule has 0 bridgehead atoms. The minimum Gasteiger partial charge on any atom is -0.483 e. The van der Waals surface area contributed by atoms with E-state index in [9.17, 15) is 4.79 Å². The van der Waals surface area contributed by atoms with E-state index < -0.39 is 0 Å². The zero-order chi connectivity index (χ0) is 20.9. The Morgan fingerprint density at radius 2 is 1.77 bits per heavy atom. The maximum atomic E-state index is 12.9. The van der Waals surface area contributed by atoms with E-state index in [0.717, 1.165) is 29.7 Å². The van der Waals surface area contributed by atoms with Crippen LogP contribution in [0.4, 0.5) is 0 Å². The van der Waals surface area contributed by atoms with Crippen molar-refractivity contribution >= 4 is 5.91 Å². The zero-order valence-electron chi connectivity index (χ0n) is 17.8. The number of amides is 1. The predicted octanol–water partition coefficient (Wildman–Crippen LogP) is 5.47. The van der Waals surface area contributed by atoms with Gasteiger partial charge in [0.1, 0.15) is 5.75 Å². The molecule has 1 N–H and O–H groups in total. The Morgan fingerprint density at radius 3 is 2.57 bits per heavy atom. The molecule has 3 aromatic carbocycles. The van der Waals surface area contributed by atoms with Gasteiger partial charge in [-0.1, -0.05) is 66.2 Å². The molecule has 1 aliphatic carbocycles. The Morgan fingerprint density at radius 1 is 0.967 bits per heavy atom. The average Bonchev–Trinajstić information content (AvgIpc) is 2.77. The molecule has 3 aromatic rings. The summed E-state index contributed by atoms with van der Waals surface area (Å²) >= 11 is 0. The van der Waals surface area contributed by atoms with Crippen LogP contribution in [0.1, 0.15) is 52.3 Å². The molecule has 0 radical (unpaired) electrons. The summed E-state index contributed by atoms with van der Waals surface area (Å²) < 4.78 is 5.98. The lowest BCUT2D eigenvalue weighted by atomic mass is 9.91. The number of hydrogen-bond donors (Lipinski definition) is 1. The molecule has 0 fully saturated rings. The second-order valence-electron chi connectivity index (χ2n) is 8.16. The molecule has 0 heterocycles. The average molecular weight is 400 g/mol. The molecule has 0 spiro atoms. The highest BCUT2D eigenvalue weighted by Gasteiger charge is 2.20. The lowest BCUT2D eigenvalue weighted by Gasteiger charge is -2.23. The molecule has 0 saturated heterocycles. The van der Waals surface area contributed by atoms with Gasteiger partial charge in [0.05, 0.1) is 6.04 Å². The van der Waals surface area contributed by atoms with E-state index in [0.29, 0.717) is 0 Å². The Kier molecular flexibility index (Phi) is 6.18. The Labute approximate surface area is 179 Å². The topological polar surface area (TPSA) is 38.3 Å². The summed E-state index contributed by atoms with van der Waals surface area (Å²) in [4.78, 5) is 12.9. The van der Waals surface area contributed by atoms with Crippen LogP contribution in [0.25, 0.3) is 0 Å². The van der Waals surface area contributed by atoms with Crippen molar-refractivity contribution in [2.75, 3.05) is 6.61 Å². The molecule has 0 saturated carbocycles. The van der Waals surface area contributed by atoms with Crippen LogP contribution in [-0.4, -0.2) is 12.5 Å². The van der Waals surface area contributed by atoms with E-state index in [1.54, 1.807) is 0 Å². The van der Waals surface area contributed by atoms with Crippen LogP contribution < -0.4 is 10.1 Å². The van der Waals surface area contributed by atoms with Crippen LogP contribution in [0.15, 0.2) is 66.7 Å². The van der Waals surface area contributed by atoms with Crippen LogP contribution >= 0.6 is 0 Å². The number of hydrogen-bond acceptors (Lipinski definition) is 2. The van der Waals surface area contributed by atoms with Gasteiger partial charge in [-0.05, 0) is 73.4 Å². The third-order valence-electron chi connectivity index (χ3n) is 5.89. The first-order chi connectivity index (χ1) is 14.6. The first-order valence-electron chi connectivity index (χ1n) is 10.8. The van der Waals surface area contributed by atoms with Gasteiger partial charge in [0.25, 0.3) is 5.91 Å². The molecule has 3 heteroatoms. The van der Waals surface area contributed by atoms with Gasteiger partial charge in [-0.2, -0.15) is 0 Å². The minimum atomic E-state index is -0.201. The van der Waals surface area contributed by atoms with Crippen molar-refractivity contribution in [1.82, 2.24) is 5.32 Å². The van der Waals surface area contributed by atoms with Gasteiger partial charge in [0.15, 0.2) is 6.61 Å². The Balaban J connectivity index is 1.51. The number of carbonyl (C=O) groups excluding carboxylic acids is 1. The molecule has 0 aromatic heterocycles. The molecule has 30 heavy (non-hydrogen) atoms. The van der Waals surface area contributed by atoms with E-state index in [2.05, 4.69) is 55.6 Å². The number of ether oxygens (including phenoxy) is 1. The lowest BCUT2D eigenvalue weighted by Crippen LogP contribution is -2.33. The normalized spacial score (nSPS) is 13.9. The van der Waals surface area contributed by atoms with Gasteiger partial charge < -0.3 is 10.1 Å². The summed E-state index contributed by atoms with van der Waals surface area (Å²) in [6.07, 6.45) is 4.54. The molecule has 154 valence electrons. The first kappa shape index (κ1) is 20.2. The van der Waals surface area contributed by atoms with Crippen molar-refractivity contribution in [2.24, 2.45) is 0 Å². The molecular weight excluding hydrogens is 370 g/mol. The fourth-order valence-electron chi connectivity index (χ4n) is 4.36. The Bertz CT molecular complexity index is 1030. The SMILES string of the molecule is Cc1ccc([C@@H](NC(=O)COc2cccc3c2CCCC3)c2ccccc2)c(C)c1. The fraction of sp³-hybridized carbons (Fsp3) is 0.296. The summed E-state index contributed by atoms with van der Waals surface area (Å²) in [6.45, 7) is 4.20. The highest BCUT2D eigenvalue weighted by molar-refractivity contribution is 5.78. The predicted molar refractivity (Wildman–Crippen MR) is 121 cm³/mol. The molecule has 4 rings (SSSR count). The molecule has 1 amide bonds. The fourth-order valence-corrected chi connectivity index (χ4v) is 4.36. The summed E-state index contributed by atoms with van der Waals surface area (Å²) in [7, 11) is 0. The van der Waals surface area contributed by atoms with Crippen LogP contribution in [0.3, 0.4) is 0 Å². The van der Waals surface area contributed by atoms with Crippen molar-refractivity contribution in [1.29, 1.82) is 0 Å². The van der Waals surface area contributed by atoms with E-state index >= 15 is 0 Å². The largest absolute Gasteiger partial charge is 0.483 e. The van der Waals surface area contributed by atoms with E-state index in [4.69, 9.17) is 4.74 Å². The van der Waals surface area contributed by atoms with Gasteiger partial charge in [0.2, 0.25) is 0 Å². The Hall–Kier alpha value is -3.07. The van der Waals surface area contributed by atoms with Gasteiger partial charge in [-0.3, -0.25) is 4.79 Å². The van der Waals surface area contributed by atoms with Crippen molar-refractivity contribution in [3.8, 4) is 5.75 Å². The quantitative estimate of drug-likeness (QED) is 0.597. The smallest absolute Gasteiger partial charge is 0.258 e. The van der Waals surface area contributed by atoms with E-state index in [1.807, 2.05) is 30.3 Å². The highest BCUT2D eigenvalue weighted by atomic mass is 16.5. The molecule has 3 nitrogen and oxygen atoms in total. The van der Waals surface area contributed by atoms with Crippen molar-refractivity contribution in [2.45, 2.75) is 45.6 Å². The maximum absolute atomic E-state index is 12.9. The molecule has 1 aliphatic rings. The number of carbonyl (C=O) groups is 1. The lowest BCUT2D eigenvalue weighted by molar-refractivity contribution is -0.123. The van der Waals surface area contributed by atoms with Crippen LogP contribution in [0, 0.1) is 13.8 Å². The van der Waals surface area contributed by atoms with Gasteiger partial charge in [-0.25, -0.2) is 0 Å². The van der Waals surface area contributed by atoms with Crippen molar-refractivity contribution in [3.05, 3.63) is 100 Å². The van der Waals surface area contributed by atoms with Crippen LogP contribution in [-0.2, 0) is 17.6 Å². The zero-order valence-corrected chi connectivity index (χ0v) is 17.8. The molecule has 0 aliphatic heterocycles. The number of rotatable bonds is 6. The molecular formula is C27H29NO2. The van der Waals surface area contributed by atoms with Crippen LogP contribution in [0.5, 0.6) is 5.75 Å². The minimum absolute atomic E-state index is 0.0185. The third-order valence-corrected chi connectivity index (χ3v) is 5.89. The monoisotopic (exact) mass is 399 g/mol. The van der Waals surface area contributed by atoms with E-state index in [1.165, 1.54) is 35.1 Å². The second kappa shape index (κ2) is 9.17. The van der Waals surface area contributed by atoms with Gasteiger partial charge in [0, 0.05) is 0 Å². The summed E-state index contributed by atoms with van der Waals surface area (Å²) in [5.41, 5.74) is 7.18. The molecule has 0 unspecified atom stereocenters. The second-order valence-corrected chi connectivity index (χ2v) is 8.16. The van der Waals surface area contributed by atoms with Crippen molar-refractivity contribution in [3.63, 3.8) is 0 Å². The first-order valence-corrected chi connectivity index (χ1v) is 10.8. The summed E-state index contributed by atoms with van der Waals surface area (Å²) in [5.74, 6) is 0.738. The maximum Gasteiger partial charge on any atom is 0.258 e. The third kappa shape index (κ3) is 4.56. The highest BCUT2D eigenvalue weighted by Crippen LogP contribution is 2.30. The standard InChI is InChI=1S/C27H29NO2/c1-19-15-16-23(20(2)17-19)27(22-10-4-3-5-11-22)28-26(29)18-30-25-14-8-12-21-9-6-7-13-24(21)25/h3-5,8,10-12,14-17,27H,6-7,9,13,18H2,1-2H3,(H,28,29)/t27-/m0/s1.